The second-order valence-corrected chi connectivity index (χ2v) is 6.09. The molecule has 0 spiro atoms. The maximum Gasteiger partial charge on any atom is 0.421 e. The summed E-state index contributed by atoms with van der Waals surface area (Å²) >= 11 is 0. The summed E-state index contributed by atoms with van der Waals surface area (Å²) in [5, 5.41) is 9.54. The van der Waals surface area contributed by atoms with Gasteiger partial charge in [-0.05, 0) is 6.92 Å². The van der Waals surface area contributed by atoms with Crippen molar-refractivity contribution in [1.29, 1.82) is 0 Å². The van der Waals surface area contributed by atoms with Crippen molar-refractivity contribution >= 4 is 23.6 Å². The molecule has 3 rings (SSSR count). The monoisotopic (exact) mass is 370 g/mol. The standard InChI is InChI=1S/C15H17F3N6O2/c1-14(4-5-26-12(14)25)9-6-10(24(3)23-9)21-13-20-7-8(15(16,17)18)11(19-2)22-13/h6-7H,4-5H2,1-3H3,(H2,19,20,21,22). The van der Waals surface area contributed by atoms with E-state index in [0.29, 0.717) is 30.7 Å². The van der Waals surface area contributed by atoms with Crippen LogP contribution >= 0.6 is 0 Å². The minimum Gasteiger partial charge on any atom is -0.465 e. The Morgan fingerprint density at radius 2 is 2.12 bits per heavy atom. The molecule has 2 aromatic heterocycles. The second kappa shape index (κ2) is 6.15. The molecule has 1 atom stereocenters. The molecule has 1 aliphatic heterocycles. The van der Waals surface area contributed by atoms with E-state index in [-0.39, 0.29) is 17.7 Å². The number of hydrogen-bond donors (Lipinski definition) is 2. The van der Waals surface area contributed by atoms with Crippen molar-refractivity contribution in [2.75, 3.05) is 24.3 Å². The molecule has 0 radical (unpaired) electrons. The lowest BCUT2D eigenvalue weighted by atomic mass is 9.85. The van der Waals surface area contributed by atoms with E-state index in [1.807, 2.05) is 0 Å². The van der Waals surface area contributed by atoms with Gasteiger partial charge in [-0.2, -0.15) is 23.3 Å². The zero-order valence-electron chi connectivity index (χ0n) is 14.3. The highest BCUT2D eigenvalue weighted by molar-refractivity contribution is 5.84. The highest BCUT2D eigenvalue weighted by Gasteiger charge is 2.44. The molecule has 1 saturated heterocycles. The topological polar surface area (TPSA) is 94.0 Å². The lowest BCUT2D eigenvalue weighted by Gasteiger charge is -2.14. The third-order valence-corrected chi connectivity index (χ3v) is 4.30. The number of carbonyl (C=O) groups is 1. The van der Waals surface area contributed by atoms with Crippen LogP contribution in [0.3, 0.4) is 0 Å². The molecular weight excluding hydrogens is 353 g/mol. The van der Waals surface area contributed by atoms with Crippen LogP contribution in [0, 0.1) is 0 Å². The van der Waals surface area contributed by atoms with E-state index in [2.05, 4.69) is 25.7 Å². The first-order valence-electron chi connectivity index (χ1n) is 7.76. The number of halogens is 3. The smallest absolute Gasteiger partial charge is 0.421 e. The van der Waals surface area contributed by atoms with Gasteiger partial charge in [-0.1, -0.05) is 0 Å². The highest BCUT2D eigenvalue weighted by atomic mass is 19.4. The van der Waals surface area contributed by atoms with Crippen LogP contribution in [0.4, 0.5) is 30.8 Å². The number of cyclic esters (lactones) is 1. The molecule has 0 aromatic carbocycles. The van der Waals surface area contributed by atoms with E-state index in [1.165, 1.54) is 11.7 Å². The number of nitrogens with one attached hydrogen (secondary N) is 2. The number of anilines is 3. The summed E-state index contributed by atoms with van der Waals surface area (Å²) in [7, 11) is 2.98. The first-order chi connectivity index (χ1) is 12.1. The van der Waals surface area contributed by atoms with Crippen molar-refractivity contribution in [2.45, 2.75) is 24.9 Å². The fourth-order valence-corrected chi connectivity index (χ4v) is 2.65. The van der Waals surface area contributed by atoms with Gasteiger partial charge in [0.2, 0.25) is 5.95 Å². The Labute approximate surface area is 146 Å². The average Bonchev–Trinajstić information content (AvgIpc) is 3.10. The molecule has 0 aliphatic carbocycles. The minimum atomic E-state index is -4.56. The predicted molar refractivity (Wildman–Crippen MR) is 86.0 cm³/mol. The van der Waals surface area contributed by atoms with Crippen LogP contribution in [-0.2, 0) is 28.2 Å². The molecule has 2 N–H and O–H groups in total. The maximum atomic E-state index is 12.9. The zero-order valence-corrected chi connectivity index (χ0v) is 14.3. The Morgan fingerprint density at radius 3 is 2.69 bits per heavy atom. The molecule has 3 heterocycles. The fourth-order valence-electron chi connectivity index (χ4n) is 2.65. The van der Waals surface area contributed by atoms with Crippen LogP contribution in [-0.4, -0.2) is 39.4 Å². The van der Waals surface area contributed by atoms with Gasteiger partial charge in [0, 0.05) is 32.8 Å². The lowest BCUT2D eigenvalue weighted by Crippen LogP contribution is -2.28. The van der Waals surface area contributed by atoms with Gasteiger partial charge in [0.05, 0.1) is 12.3 Å². The van der Waals surface area contributed by atoms with Crippen LogP contribution in [0.5, 0.6) is 0 Å². The van der Waals surface area contributed by atoms with Crippen LogP contribution in [0.25, 0.3) is 0 Å². The number of aromatic nitrogens is 4. The fraction of sp³-hybridized carbons (Fsp3) is 0.467. The highest BCUT2D eigenvalue weighted by Crippen LogP contribution is 2.35. The molecule has 1 aliphatic rings. The van der Waals surface area contributed by atoms with E-state index >= 15 is 0 Å². The SMILES string of the molecule is CNc1nc(Nc2cc(C3(C)CCOC3=O)nn2C)ncc1C(F)(F)F. The largest absolute Gasteiger partial charge is 0.465 e. The Balaban J connectivity index is 1.89. The van der Waals surface area contributed by atoms with E-state index in [4.69, 9.17) is 4.74 Å². The number of esters is 1. The Kier molecular flexibility index (Phi) is 4.24. The number of alkyl halides is 3. The van der Waals surface area contributed by atoms with E-state index in [9.17, 15) is 18.0 Å². The third-order valence-electron chi connectivity index (χ3n) is 4.30. The molecule has 1 unspecified atom stereocenters. The normalized spacial score (nSPS) is 20.2. The summed E-state index contributed by atoms with van der Waals surface area (Å²) in [6.45, 7) is 2.06. The number of rotatable bonds is 4. The molecule has 0 saturated carbocycles. The van der Waals surface area contributed by atoms with Gasteiger partial charge in [-0.15, -0.1) is 0 Å². The van der Waals surface area contributed by atoms with Gasteiger partial charge in [0.15, 0.2) is 0 Å². The Bertz CT molecular complexity index is 850. The van der Waals surface area contributed by atoms with Crippen molar-refractivity contribution < 1.29 is 22.7 Å². The van der Waals surface area contributed by atoms with Gasteiger partial charge in [0.25, 0.3) is 0 Å². The van der Waals surface area contributed by atoms with Crippen molar-refractivity contribution in [3.8, 4) is 0 Å². The summed E-state index contributed by atoms with van der Waals surface area (Å²) in [6.07, 6.45) is -3.36. The van der Waals surface area contributed by atoms with E-state index < -0.39 is 17.2 Å². The van der Waals surface area contributed by atoms with Crippen molar-refractivity contribution in [3.05, 3.63) is 23.5 Å². The molecule has 1 fully saturated rings. The molecule has 11 heteroatoms. The Morgan fingerprint density at radius 1 is 1.38 bits per heavy atom. The first kappa shape index (κ1) is 18.0. The van der Waals surface area contributed by atoms with Gasteiger partial charge in [-0.3, -0.25) is 9.48 Å². The number of hydrogen-bond acceptors (Lipinski definition) is 7. The summed E-state index contributed by atoms with van der Waals surface area (Å²) in [6, 6.07) is 1.63. The number of ether oxygens (including phenoxy) is 1. The molecular formula is C15H17F3N6O2. The van der Waals surface area contributed by atoms with E-state index in [1.54, 1.807) is 20.0 Å². The van der Waals surface area contributed by atoms with Gasteiger partial charge < -0.3 is 15.4 Å². The third kappa shape index (κ3) is 3.04. The minimum absolute atomic E-state index is 0.0314. The lowest BCUT2D eigenvalue weighted by molar-refractivity contribution is -0.142. The number of carbonyl (C=O) groups excluding carboxylic acids is 1. The van der Waals surface area contributed by atoms with Crippen molar-refractivity contribution in [3.63, 3.8) is 0 Å². The molecule has 140 valence electrons. The number of nitrogens with zero attached hydrogens (tertiary/aromatic N) is 4. The van der Waals surface area contributed by atoms with Crippen LogP contribution in [0.15, 0.2) is 12.3 Å². The molecule has 26 heavy (non-hydrogen) atoms. The van der Waals surface area contributed by atoms with E-state index in [0.717, 1.165) is 0 Å². The quantitative estimate of drug-likeness (QED) is 0.797. The van der Waals surface area contributed by atoms with Gasteiger partial charge in [0.1, 0.15) is 22.6 Å². The van der Waals surface area contributed by atoms with Crippen LogP contribution < -0.4 is 10.6 Å². The summed E-state index contributed by atoms with van der Waals surface area (Å²) in [5.74, 6) is -0.298. The molecule has 2 aromatic rings. The molecule has 0 amide bonds. The first-order valence-corrected chi connectivity index (χ1v) is 7.76. The molecule has 8 nitrogen and oxygen atoms in total. The maximum absolute atomic E-state index is 12.9. The molecule has 0 bridgehead atoms. The number of aryl methyl sites for hydroxylation is 1. The average molecular weight is 370 g/mol. The zero-order chi connectivity index (χ0) is 19.1. The summed E-state index contributed by atoms with van der Waals surface area (Å²) < 4.78 is 45.2. The van der Waals surface area contributed by atoms with Crippen molar-refractivity contribution in [2.24, 2.45) is 7.05 Å². The van der Waals surface area contributed by atoms with Gasteiger partial charge >= 0.3 is 12.1 Å². The van der Waals surface area contributed by atoms with Crippen molar-refractivity contribution in [1.82, 2.24) is 19.7 Å². The van der Waals surface area contributed by atoms with Gasteiger partial charge in [-0.25, -0.2) is 4.98 Å². The Hall–Kier alpha value is -2.85. The summed E-state index contributed by atoms with van der Waals surface area (Å²) in [5.41, 5.74) is -1.31. The van der Waals surface area contributed by atoms with Crippen LogP contribution in [0.1, 0.15) is 24.6 Å². The van der Waals surface area contributed by atoms with Crippen LogP contribution in [0.2, 0.25) is 0 Å². The summed E-state index contributed by atoms with van der Waals surface area (Å²) in [4.78, 5) is 19.5. The predicted octanol–water partition coefficient (Wildman–Crippen LogP) is 2.22. The second-order valence-electron chi connectivity index (χ2n) is 6.09.